The van der Waals surface area contributed by atoms with Crippen LogP contribution in [0.15, 0.2) is 6.20 Å². The number of rotatable bonds is 4. The van der Waals surface area contributed by atoms with Gasteiger partial charge < -0.3 is 4.74 Å². The summed E-state index contributed by atoms with van der Waals surface area (Å²) in [5.41, 5.74) is -2.54. The van der Waals surface area contributed by atoms with Gasteiger partial charge in [-0.15, -0.1) is 13.2 Å². The molecular formula is C9H4BrClF5NO2. The summed E-state index contributed by atoms with van der Waals surface area (Å²) in [7, 11) is 0. The van der Waals surface area contributed by atoms with Gasteiger partial charge in [0.05, 0.1) is 5.56 Å². The number of ether oxygens (including phenoxy) is 1. The minimum atomic E-state index is -5.19. The fourth-order valence-electron chi connectivity index (χ4n) is 1.24. The number of carbonyl (C=O) groups is 1. The van der Waals surface area contributed by atoms with Crippen LogP contribution in [0.1, 0.15) is 28.0 Å². The van der Waals surface area contributed by atoms with Crippen LogP contribution in [0, 0.1) is 0 Å². The summed E-state index contributed by atoms with van der Waals surface area (Å²) in [6.07, 6.45) is -7.78. The van der Waals surface area contributed by atoms with Gasteiger partial charge in [0, 0.05) is 17.1 Å². The second-order valence-electron chi connectivity index (χ2n) is 3.13. The van der Waals surface area contributed by atoms with Crippen LogP contribution in [-0.2, 0) is 5.33 Å². The molecule has 0 amide bonds. The lowest BCUT2D eigenvalue weighted by atomic mass is 10.1. The zero-order valence-corrected chi connectivity index (χ0v) is 11.1. The highest BCUT2D eigenvalue weighted by atomic mass is 79.9. The van der Waals surface area contributed by atoms with Crippen molar-refractivity contribution in [1.29, 1.82) is 0 Å². The van der Waals surface area contributed by atoms with E-state index in [-0.39, 0.29) is 10.9 Å². The first kappa shape index (κ1) is 16.1. The van der Waals surface area contributed by atoms with Crippen LogP contribution >= 0.6 is 27.5 Å². The van der Waals surface area contributed by atoms with Gasteiger partial charge in [-0.3, -0.25) is 9.78 Å². The Kier molecular flexibility index (Phi) is 5.08. The lowest BCUT2D eigenvalue weighted by Gasteiger charge is -2.17. The smallest absolute Gasteiger partial charge is 0.405 e. The molecule has 1 aromatic rings. The first-order valence-electron chi connectivity index (χ1n) is 4.48. The second kappa shape index (κ2) is 6.00. The molecule has 10 heteroatoms. The molecule has 0 saturated carbocycles. The van der Waals surface area contributed by atoms with E-state index in [0.29, 0.717) is 0 Å². The average Bonchev–Trinajstić information content (AvgIpc) is 2.25. The topological polar surface area (TPSA) is 39.2 Å². The SMILES string of the molecule is O=C(Cl)c1ncc(CBr)c(OC(F)(F)F)c1C(F)F. The molecule has 106 valence electrons. The summed E-state index contributed by atoms with van der Waals surface area (Å²) in [6, 6.07) is 0. The van der Waals surface area contributed by atoms with Crippen molar-refractivity contribution in [1.82, 2.24) is 4.98 Å². The van der Waals surface area contributed by atoms with E-state index in [1.54, 1.807) is 0 Å². The van der Waals surface area contributed by atoms with Crippen molar-refractivity contribution in [3.63, 3.8) is 0 Å². The Morgan fingerprint density at radius 3 is 2.42 bits per heavy atom. The first-order valence-corrected chi connectivity index (χ1v) is 5.98. The van der Waals surface area contributed by atoms with Gasteiger partial charge in [-0.2, -0.15) is 0 Å². The van der Waals surface area contributed by atoms with Crippen LogP contribution in [0.5, 0.6) is 5.75 Å². The quantitative estimate of drug-likeness (QED) is 0.454. The van der Waals surface area contributed by atoms with Crippen molar-refractivity contribution < 1.29 is 31.5 Å². The Hall–Kier alpha value is -0.960. The molecule has 1 heterocycles. The highest BCUT2D eigenvalue weighted by Gasteiger charge is 2.36. The molecule has 0 atom stereocenters. The molecule has 0 aromatic carbocycles. The van der Waals surface area contributed by atoms with E-state index in [2.05, 4.69) is 25.7 Å². The maximum atomic E-state index is 12.8. The number of nitrogens with zero attached hydrogens (tertiary/aromatic N) is 1. The Morgan fingerprint density at radius 2 is 2.05 bits per heavy atom. The third kappa shape index (κ3) is 4.00. The number of alkyl halides is 6. The van der Waals surface area contributed by atoms with Crippen molar-refractivity contribution in [3.8, 4) is 5.75 Å². The van der Waals surface area contributed by atoms with Crippen LogP contribution in [0.4, 0.5) is 22.0 Å². The molecule has 0 aliphatic carbocycles. The van der Waals surface area contributed by atoms with E-state index in [1.165, 1.54) is 0 Å². The number of aromatic nitrogens is 1. The van der Waals surface area contributed by atoms with Crippen LogP contribution in [-0.4, -0.2) is 16.6 Å². The highest BCUT2D eigenvalue weighted by Crippen LogP contribution is 2.38. The third-order valence-corrected chi connectivity index (χ3v) is 2.69. The fraction of sp³-hybridized carbons (Fsp3) is 0.333. The molecular weight excluding hydrogens is 364 g/mol. The molecule has 0 N–H and O–H groups in total. The molecule has 0 aliphatic rings. The second-order valence-corrected chi connectivity index (χ2v) is 4.03. The predicted molar refractivity (Wildman–Crippen MR) is 58.7 cm³/mol. The Morgan fingerprint density at radius 1 is 1.47 bits per heavy atom. The number of pyridine rings is 1. The predicted octanol–water partition coefficient (Wildman–Crippen LogP) is 4.19. The van der Waals surface area contributed by atoms with Crippen molar-refractivity contribution in [2.24, 2.45) is 0 Å². The zero-order chi connectivity index (χ0) is 14.8. The van der Waals surface area contributed by atoms with Crippen LogP contribution in [0.25, 0.3) is 0 Å². The van der Waals surface area contributed by atoms with Gasteiger partial charge in [0.15, 0.2) is 0 Å². The minimum absolute atomic E-state index is 0.220. The molecule has 19 heavy (non-hydrogen) atoms. The Labute approximate surface area is 116 Å². The van der Waals surface area contributed by atoms with Gasteiger partial charge in [-0.25, -0.2) is 8.78 Å². The fourth-order valence-corrected chi connectivity index (χ4v) is 1.79. The van der Waals surface area contributed by atoms with E-state index >= 15 is 0 Å². The highest BCUT2D eigenvalue weighted by molar-refractivity contribution is 9.08. The zero-order valence-electron chi connectivity index (χ0n) is 8.77. The lowest BCUT2D eigenvalue weighted by Crippen LogP contribution is -2.20. The molecule has 0 spiro atoms. The van der Waals surface area contributed by atoms with E-state index in [9.17, 15) is 26.7 Å². The van der Waals surface area contributed by atoms with E-state index < -0.39 is 35.0 Å². The van der Waals surface area contributed by atoms with Crippen LogP contribution in [0.3, 0.4) is 0 Å². The van der Waals surface area contributed by atoms with Crippen LogP contribution in [0.2, 0.25) is 0 Å². The van der Waals surface area contributed by atoms with Crippen molar-refractivity contribution in [2.75, 3.05) is 0 Å². The van der Waals surface area contributed by atoms with Gasteiger partial charge in [-0.05, 0) is 11.6 Å². The monoisotopic (exact) mass is 367 g/mol. The summed E-state index contributed by atoms with van der Waals surface area (Å²) in [5.74, 6) is -1.17. The van der Waals surface area contributed by atoms with Gasteiger partial charge in [-0.1, -0.05) is 15.9 Å². The van der Waals surface area contributed by atoms with Gasteiger partial charge >= 0.3 is 6.36 Å². The van der Waals surface area contributed by atoms with Crippen molar-refractivity contribution in [2.45, 2.75) is 18.1 Å². The van der Waals surface area contributed by atoms with Gasteiger partial charge in [0.2, 0.25) is 0 Å². The van der Waals surface area contributed by atoms with Gasteiger partial charge in [0.25, 0.3) is 11.7 Å². The first-order chi connectivity index (χ1) is 8.67. The van der Waals surface area contributed by atoms with Crippen LogP contribution < -0.4 is 4.74 Å². The average molecular weight is 368 g/mol. The van der Waals surface area contributed by atoms with E-state index in [0.717, 1.165) is 6.20 Å². The largest absolute Gasteiger partial charge is 0.573 e. The molecule has 0 radical (unpaired) electrons. The molecule has 0 bridgehead atoms. The number of halogens is 7. The summed E-state index contributed by atoms with van der Waals surface area (Å²) < 4.78 is 65.8. The molecule has 0 fully saturated rings. The number of hydrogen-bond acceptors (Lipinski definition) is 3. The summed E-state index contributed by atoms with van der Waals surface area (Å²) >= 11 is 7.82. The minimum Gasteiger partial charge on any atom is -0.405 e. The maximum Gasteiger partial charge on any atom is 0.573 e. The molecule has 3 nitrogen and oxygen atoms in total. The standard InChI is InChI=1S/C9H4BrClF5NO2/c10-1-3-2-17-5(7(11)18)4(8(12)13)6(3)19-9(14,15)16/h2,8H,1H2. The molecule has 0 unspecified atom stereocenters. The molecule has 1 aromatic heterocycles. The molecule has 1 rings (SSSR count). The summed E-state index contributed by atoms with van der Waals surface area (Å²) in [4.78, 5) is 14.2. The Bertz CT molecular complexity index is 494. The number of carbonyl (C=O) groups excluding carboxylic acids is 1. The number of hydrogen-bond donors (Lipinski definition) is 0. The lowest BCUT2D eigenvalue weighted by molar-refractivity contribution is -0.275. The summed E-state index contributed by atoms with van der Waals surface area (Å²) in [6.45, 7) is 0. The normalized spacial score (nSPS) is 11.8. The third-order valence-electron chi connectivity index (χ3n) is 1.91. The van der Waals surface area contributed by atoms with E-state index in [4.69, 9.17) is 11.6 Å². The molecule has 0 saturated heterocycles. The van der Waals surface area contributed by atoms with Gasteiger partial charge in [0.1, 0.15) is 11.4 Å². The Balaban J connectivity index is 3.52. The molecule has 0 aliphatic heterocycles. The van der Waals surface area contributed by atoms with E-state index in [1.807, 2.05) is 0 Å². The summed E-state index contributed by atoms with van der Waals surface area (Å²) in [5, 5.41) is -1.62. The van der Waals surface area contributed by atoms with Crippen molar-refractivity contribution >= 4 is 32.8 Å². The van der Waals surface area contributed by atoms with Crippen molar-refractivity contribution in [3.05, 3.63) is 23.0 Å². The maximum absolute atomic E-state index is 12.8.